The van der Waals surface area contributed by atoms with Gasteiger partial charge in [-0.15, -0.1) is 0 Å². The van der Waals surface area contributed by atoms with Crippen LogP contribution in [0.5, 0.6) is 5.75 Å². The summed E-state index contributed by atoms with van der Waals surface area (Å²) in [6.07, 6.45) is 0. The van der Waals surface area contributed by atoms with Gasteiger partial charge in [0.15, 0.2) is 0 Å². The Morgan fingerprint density at radius 2 is 1.90 bits per heavy atom. The summed E-state index contributed by atoms with van der Waals surface area (Å²) in [7, 11) is 1.55. The summed E-state index contributed by atoms with van der Waals surface area (Å²) >= 11 is 0. The minimum atomic E-state index is -0.238. The van der Waals surface area contributed by atoms with Gasteiger partial charge >= 0.3 is 0 Å². The molecule has 0 spiro atoms. The lowest BCUT2D eigenvalue weighted by Crippen LogP contribution is -2.19. The summed E-state index contributed by atoms with van der Waals surface area (Å²) < 4.78 is 5.22. The Bertz CT molecular complexity index is 597. The van der Waals surface area contributed by atoms with Crippen LogP contribution in [0.25, 0.3) is 0 Å². The number of nitrogens with one attached hydrogen (secondary N) is 1. The van der Waals surface area contributed by atoms with Crippen LogP contribution in [0.2, 0.25) is 0 Å². The highest BCUT2D eigenvalue weighted by molar-refractivity contribution is 5.97. The van der Waals surface area contributed by atoms with E-state index < -0.39 is 0 Å². The van der Waals surface area contributed by atoms with Crippen molar-refractivity contribution in [2.75, 3.05) is 18.2 Å². The number of anilines is 2. The van der Waals surface area contributed by atoms with Crippen LogP contribution in [-0.2, 0) is 4.79 Å². The first-order valence-corrected chi connectivity index (χ1v) is 6.41. The van der Waals surface area contributed by atoms with Crippen LogP contribution in [0.1, 0.15) is 18.4 Å². The van der Waals surface area contributed by atoms with Gasteiger partial charge in [-0.1, -0.05) is 30.3 Å². The van der Waals surface area contributed by atoms with Crippen LogP contribution in [0.3, 0.4) is 0 Å². The molecule has 2 aromatic rings. The van der Waals surface area contributed by atoms with E-state index in [9.17, 15) is 4.79 Å². The van der Waals surface area contributed by atoms with Gasteiger partial charge in [-0.05, 0) is 24.6 Å². The number of amides is 1. The molecule has 3 N–H and O–H groups in total. The average Bonchev–Trinajstić information content (AvgIpc) is 2.49. The summed E-state index contributed by atoms with van der Waals surface area (Å²) in [5, 5.41) is 2.87. The fourth-order valence-corrected chi connectivity index (χ4v) is 1.95. The maximum atomic E-state index is 12.3. The largest absolute Gasteiger partial charge is 0.494 e. The minimum absolute atomic E-state index is 0.0840. The molecule has 20 heavy (non-hydrogen) atoms. The fraction of sp³-hybridized carbons (Fsp3) is 0.188. The molecule has 1 unspecified atom stereocenters. The van der Waals surface area contributed by atoms with Crippen LogP contribution >= 0.6 is 0 Å². The molecule has 2 rings (SSSR count). The second-order valence-electron chi connectivity index (χ2n) is 4.58. The van der Waals surface area contributed by atoms with E-state index in [1.54, 1.807) is 25.3 Å². The molecular formula is C16H18N2O2. The standard InChI is InChI=1S/C16H18N2O2/c1-11(12-6-4-3-5-7-12)16(19)18-14-9-8-13(17)10-15(14)20-2/h3-11H,17H2,1-2H3,(H,18,19). The quantitative estimate of drug-likeness (QED) is 0.839. The molecule has 0 heterocycles. The summed E-state index contributed by atoms with van der Waals surface area (Å²) in [6.45, 7) is 1.87. The summed E-state index contributed by atoms with van der Waals surface area (Å²) in [5.41, 5.74) is 7.88. The van der Waals surface area contributed by atoms with Crippen molar-refractivity contribution in [1.82, 2.24) is 0 Å². The Kier molecular flexibility index (Phi) is 4.25. The van der Waals surface area contributed by atoms with Crippen molar-refractivity contribution in [3.05, 3.63) is 54.1 Å². The van der Waals surface area contributed by atoms with Crippen molar-refractivity contribution < 1.29 is 9.53 Å². The smallest absolute Gasteiger partial charge is 0.231 e. The van der Waals surface area contributed by atoms with E-state index in [0.717, 1.165) is 5.56 Å². The van der Waals surface area contributed by atoms with Gasteiger partial charge in [0.1, 0.15) is 5.75 Å². The van der Waals surface area contributed by atoms with Gasteiger partial charge in [0.2, 0.25) is 5.91 Å². The minimum Gasteiger partial charge on any atom is -0.494 e. The molecule has 4 nitrogen and oxygen atoms in total. The van der Waals surface area contributed by atoms with Crippen molar-refractivity contribution in [1.29, 1.82) is 0 Å². The van der Waals surface area contributed by atoms with Gasteiger partial charge in [-0.3, -0.25) is 4.79 Å². The zero-order valence-electron chi connectivity index (χ0n) is 11.6. The number of carbonyl (C=O) groups is 1. The van der Waals surface area contributed by atoms with Crippen molar-refractivity contribution in [3.8, 4) is 5.75 Å². The molecule has 0 saturated heterocycles. The lowest BCUT2D eigenvalue weighted by molar-refractivity contribution is -0.117. The third-order valence-electron chi connectivity index (χ3n) is 3.18. The zero-order valence-corrected chi connectivity index (χ0v) is 11.6. The zero-order chi connectivity index (χ0) is 14.5. The maximum Gasteiger partial charge on any atom is 0.231 e. The maximum absolute atomic E-state index is 12.3. The number of hydrogen-bond donors (Lipinski definition) is 2. The van der Waals surface area contributed by atoms with Crippen molar-refractivity contribution >= 4 is 17.3 Å². The van der Waals surface area contributed by atoms with E-state index in [-0.39, 0.29) is 11.8 Å². The lowest BCUT2D eigenvalue weighted by Gasteiger charge is -2.15. The third-order valence-corrected chi connectivity index (χ3v) is 3.18. The summed E-state index contributed by atoms with van der Waals surface area (Å²) in [5.74, 6) is 0.233. The topological polar surface area (TPSA) is 64.3 Å². The molecule has 1 amide bonds. The number of ether oxygens (including phenoxy) is 1. The average molecular weight is 270 g/mol. The number of rotatable bonds is 4. The number of nitrogens with two attached hydrogens (primary N) is 1. The first-order chi connectivity index (χ1) is 9.61. The van der Waals surface area contributed by atoms with Crippen LogP contribution in [0.15, 0.2) is 48.5 Å². The molecule has 0 aromatic heterocycles. The highest BCUT2D eigenvalue weighted by Gasteiger charge is 2.16. The second kappa shape index (κ2) is 6.10. The molecule has 0 aliphatic rings. The fourth-order valence-electron chi connectivity index (χ4n) is 1.95. The van der Waals surface area contributed by atoms with Gasteiger partial charge in [0, 0.05) is 11.8 Å². The van der Waals surface area contributed by atoms with Gasteiger partial charge in [0.25, 0.3) is 0 Å². The van der Waals surface area contributed by atoms with E-state index in [1.807, 2.05) is 37.3 Å². The molecule has 0 bridgehead atoms. The van der Waals surface area contributed by atoms with Crippen LogP contribution in [-0.4, -0.2) is 13.0 Å². The Labute approximate surface area is 118 Å². The molecule has 1 atom stereocenters. The highest BCUT2D eigenvalue weighted by atomic mass is 16.5. The summed E-state index contributed by atoms with van der Waals surface area (Å²) in [4.78, 5) is 12.3. The summed E-state index contributed by atoms with van der Waals surface area (Å²) in [6, 6.07) is 14.8. The van der Waals surface area contributed by atoms with Crippen LogP contribution in [0, 0.1) is 0 Å². The SMILES string of the molecule is COc1cc(N)ccc1NC(=O)C(C)c1ccccc1. The Morgan fingerprint density at radius 3 is 2.55 bits per heavy atom. The van der Waals surface area contributed by atoms with E-state index >= 15 is 0 Å². The Hall–Kier alpha value is -2.49. The lowest BCUT2D eigenvalue weighted by atomic mass is 10.0. The molecule has 0 saturated carbocycles. The normalized spacial score (nSPS) is 11.7. The van der Waals surface area contributed by atoms with Crippen LogP contribution in [0.4, 0.5) is 11.4 Å². The molecule has 104 valence electrons. The monoisotopic (exact) mass is 270 g/mol. The third kappa shape index (κ3) is 3.09. The molecule has 4 heteroatoms. The number of carbonyl (C=O) groups excluding carboxylic acids is 1. The molecular weight excluding hydrogens is 252 g/mol. The van der Waals surface area contributed by atoms with Gasteiger partial charge in [-0.2, -0.15) is 0 Å². The van der Waals surface area contributed by atoms with Gasteiger partial charge < -0.3 is 15.8 Å². The number of nitrogen functional groups attached to an aromatic ring is 1. The molecule has 0 aliphatic heterocycles. The first-order valence-electron chi connectivity index (χ1n) is 6.41. The van der Waals surface area contributed by atoms with E-state index in [0.29, 0.717) is 17.1 Å². The number of hydrogen-bond acceptors (Lipinski definition) is 3. The van der Waals surface area contributed by atoms with Gasteiger partial charge in [0.05, 0.1) is 18.7 Å². The predicted octanol–water partition coefficient (Wildman–Crippen LogP) is 3.02. The van der Waals surface area contributed by atoms with E-state index in [4.69, 9.17) is 10.5 Å². The van der Waals surface area contributed by atoms with Crippen molar-refractivity contribution in [2.24, 2.45) is 0 Å². The second-order valence-corrected chi connectivity index (χ2v) is 4.58. The Balaban J connectivity index is 2.16. The molecule has 0 fully saturated rings. The molecule has 2 aromatic carbocycles. The highest BCUT2D eigenvalue weighted by Crippen LogP contribution is 2.28. The molecule has 0 radical (unpaired) electrons. The van der Waals surface area contributed by atoms with E-state index in [1.165, 1.54) is 0 Å². The number of methoxy groups -OCH3 is 1. The van der Waals surface area contributed by atoms with Crippen LogP contribution < -0.4 is 15.8 Å². The molecule has 0 aliphatic carbocycles. The van der Waals surface area contributed by atoms with Crippen molar-refractivity contribution in [3.63, 3.8) is 0 Å². The van der Waals surface area contributed by atoms with Crippen molar-refractivity contribution in [2.45, 2.75) is 12.8 Å². The van der Waals surface area contributed by atoms with E-state index in [2.05, 4.69) is 5.32 Å². The predicted molar refractivity (Wildman–Crippen MR) is 80.9 cm³/mol. The number of benzene rings is 2. The Morgan fingerprint density at radius 1 is 1.20 bits per heavy atom. The first kappa shape index (κ1) is 13.9. The van der Waals surface area contributed by atoms with Gasteiger partial charge in [-0.25, -0.2) is 0 Å².